The van der Waals surface area contributed by atoms with E-state index in [9.17, 15) is 9.90 Å². The van der Waals surface area contributed by atoms with Crippen molar-refractivity contribution in [3.63, 3.8) is 0 Å². The molecule has 0 aliphatic carbocycles. The summed E-state index contributed by atoms with van der Waals surface area (Å²) >= 11 is 0. The van der Waals surface area contributed by atoms with Crippen molar-refractivity contribution in [3.8, 4) is 0 Å². The van der Waals surface area contributed by atoms with Gasteiger partial charge in [0.05, 0.1) is 0 Å². The van der Waals surface area contributed by atoms with Crippen LogP contribution in [0.1, 0.15) is 47.0 Å². The van der Waals surface area contributed by atoms with Crippen LogP contribution in [0.25, 0.3) is 0 Å². The van der Waals surface area contributed by atoms with Crippen LogP contribution in [-0.4, -0.2) is 22.6 Å². The number of carbonyl (C=O) groups is 1. The number of hydrogen-bond acceptors (Lipinski definition) is 2. The molecule has 3 heteroatoms. The van der Waals surface area contributed by atoms with Crippen molar-refractivity contribution in [2.45, 2.75) is 58.5 Å². The monoisotopic (exact) mass is 212 g/mol. The van der Waals surface area contributed by atoms with Gasteiger partial charge in [-0.1, -0.05) is 19.4 Å². The molecule has 0 aromatic carbocycles. The number of carboxylic acid groups (broad SMARTS) is 1. The maximum Gasteiger partial charge on any atom is 0.137 e. The van der Waals surface area contributed by atoms with Gasteiger partial charge in [0.2, 0.25) is 0 Å². The van der Waals surface area contributed by atoms with Gasteiger partial charge in [-0.25, -0.2) is 0 Å². The van der Waals surface area contributed by atoms with Crippen molar-refractivity contribution in [2.75, 3.05) is 0 Å². The summed E-state index contributed by atoms with van der Waals surface area (Å²) in [6, 6.07) is -0.0162. The molecule has 0 unspecified atom stereocenters. The SMILES string of the molecule is C=CC[C@H](CCC)N(C(=O)[O-])C(C)(C)C. The van der Waals surface area contributed by atoms with Gasteiger partial charge < -0.3 is 14.8 Å². The molecule has 0 aromatic heterocycles. The molecule has 0 spiro atoms. The zero-order valence-corrected chi connectivity index (χ0v) is 10.2. The first kappa shape index (κ1) is 14.0. The van der Waals surface area contributed by atoms with Crippen LogP contribution in [0.2, 0.25) is 0 Å². The highest BCUT2D eigenvalue weighted by molar-refractivity contribution is 5.64. The smallest absolute Gasteiger partial charge is 0.137 e. The van der Waals surface area contributed by atoms with Crippen LogP contribution in [0.3, 0.4) is 0 Å². The average molecular weight is 212 g/mol. The molecule has 0 aliphatic heterocycles. The van der Waals surface area contributed by atoms with Crippen LogP contribution in [-0.2, 0) is 0 Å². The highest BCUT2D eigenvalue weighted by Gasteiger charge is 2.27. The third-order valence-corrected chi connectivity index (χ3v) is 2.35. The van der Waals surface area contributed by atoms with Gasteiger partial charge in [-0.05, 0) is 33.6 Å². The molecular weight excluding hydrogens is 190 g/mol. The maximum absolute atomic E-state index is 11.1. The minimum atomic E-state index is -1.09. The molecule has 0 aliphatic rings. The molecule has 1 atom stereocenters. The molecule has 0 bridgehead atoms. The molecule has 0 saturated carbocycles. The van der Waals surface area contributed by atoms with Crippen molar-refractivity contribution in [3.05, 3.63) is 12.7 Å². The highest BCUT2D eigenvalue weighted by atomic mass is 16.4. The Morgan fingerprint density at radius 2 is 2.07 bits per heavy atom. The van der Waals surface area contributed by atoms with E-state index >= 15 is 0 Å². The van der Waals surface area contributed by atoms with Crippen LogP contribution in [0.5, 0.6) is 0 Å². The first-order chi connectivity index (χ1) is 6.84. The van der Waals surface area contributed by atoms with E-state index in [-0.39, 0.29) is 6.04 Å². The lowest BCUT2D eigenvalue weighted by Gasteiger charge is -2.43. The average Bonchev–Trinajstić information content (AvgIpc) is 2.01. The van der Waals surface area contributed by atoms with E-state index in [4.69, 9.17) is 0 Å². The largest absolute Gasteiger partial charge is 0.530 e. The van der Waals surface area contributed by atoms with Gasteiger partial charge in [-0.15, -0.1) is 6.58 Å². The van der Waals surface area contributed by atoms with E-state index in [1.54, 1.807) is 6.08 Å². The Labute approximate surface area is 92.8 Å². The lowest BCUT2D eigenvalue weighted by Crippen LogP contribution is -2.56. The number of rotatable bonds is 5. The Morgan fingerprint density at radius 3 is 2.33 bits per heavy atom. The molecule has 0 fully saturated rings. The summed E-state index contributed by atoms with van der Waals surface area (Å²) in [5, 5.41) is 11.1. The fourth-order valence-corrected chi connectivity index (χ4v) is 1.85. The molecule has 0 heterocycles. The van der Waals surface area contributed by atoms with Gasteiger partial charge in [0.1, 0.15) is 6.09 Å². The van der Waals surface area contributed by atoms with Crippen LogP contribution < -0.4 is 5.11 Å². The van der Waals surface area contributed by atoms with E-state index in [1.165, 1.54) is 4.90 Å². The molecule has 0 N–H and O–H groups in total. The molecule has 0 radical (unpaired) electrons. The van der Waals surface area contributed by atoms with Crippen molar-refractivity contribution in [2.24, 2.45) is 0 Å². The third kappa shape index (κ3) is 4.36. The van der Waals surface area contributed by atoms with Crippen LogP contribution in [0, 0.1) is 0 Å². The van der Waals surface area contributed by atoms with Gasteiger partial charge in [0.25, 0.3) is 0 Å². The van der Waals surface area contributed by atoms with E-state index in [1.807, 2.05) is 27.7 Å². The molecule has 15 heavy (non-hydrogen) atoms. The summed E-state index contributed by atoms with van der Waals surface area (Å²) in [6.07, 6.45) is 3.15. The Bertz CT molecular complexity index is 218. The number of carbonyl (C=O) groups excluding carboxylic acids is 1. The third-order valence-electron chi connectivity index (χ3n) is 2.35. The fourth-order valence-electron chi connectivity index (χ4n) is 1.85. The Balaban J connectivity index is 4.83. The summed E-state index contributed by atoms with van der Waals surface area (Å²) in [7, 11) is 0. The van der Waals surface area contributed by atoms with E-state index < -0.39 is 11.6 Å². The van der Waals surface area contributed by atoms with E-state index in [0.717, 1.165) is 12.8 Å². The van der Waals surface area contributed by atoms with E-state index in [0.29, 0.717) is 6.42 Å². The number of nitrogens with zero attached hydrogens (tertiary/aromatic N) is 1. The molecule has 3 nitrogen and oxygen atoms in total. The zero-order chi connectivity index (χ0) is 12.1. The topological polar surface area (TPSA) is 43.4 Å². The summed E-state index contributed by atoms with van der Waals surface area (Å²) in [5.74, 6) is 0. The van der Waals surface area contributed by atoms with Crippen molar-refractivity contribution < 1.29 is 9.90 Å². The lowest BCUT2D eigenvalue weighted by molar-refractivity contribution is -0.273. The first-order valence-electron chi connectivity index (χ1n) is 5.45. The van der Waals surface area contributed by atoms with Gasteiger partial charge in [0, 0.05) is 11.6 Å². The van der Waals surface area contributed by atoms with Crippen molar-refractivity contribution in [1.29, 1.82) is 0 Å². The molecule has 0 aromatic rings. The van der Waals surface area contributed by atoms with Gasteiger partial charge in [0.15, 0.2) is 0 Å². The standard InChI is InChI=1S/C12H23NO2/c1-6-8-10(9-7-2)13(11(14)15)12(3,4)5/h6,10H,1,7-9H2,2-5H3,(H,14,15)/p-1/t10-/m1/s1. The minimum Gasteiger partial charge on any atom is -0.530 e. The summed E-state index contributed by atoms with van der Waals surface area (Å²) < 4.78 is 0. The van der Waals surface area contributed by atoms with Crippen LogP contribution in [0.4, 0.5) is 4.79 Å². The first-order valence-corrected chi connectivity index (χ1v) is 5.45. The van der Waals surface area contributed by atoms with E-state index in [2.05, 4.69) is 6.58 Å². The Hall–Kier alpha value is -0.990. The van der Waals surface area contributed by atoms with Crippen LogP contribution >= 0.6 is 0 Å². The predicted molar refractivity (Wildman–Crippen MR) is 60.5 cm³/mol. The number of amides is 1. The highest BCUT2D eigenvalue weighted by Crippen LogP contribution is 2.21. The quantitative estimate of drug-likeness (QED) is 0.655. The second kappa shape index (κ2) is 5.79. The van der Waals surface area contributed by atoms with Gasteiger partial charge in [-0.2, -0.15) is 0 Å². The number of hydrogen-bond donors (Lipinski definition) is 0. The van der Waals surface area contributed by atoms with Crippen molar-refractivity contribution in [1.82, 2.24) is 4.90 Å². The fraction of sp³-hybridized carbons (Fsp3) is 0.750. The summed E-state index contributed by atoms with van der Waals surface area (Å²) in [5.41, 5.74) is -0.415. The maximum atomic E-state index is 11.1. The normalized spacial score (nSPS) is 13.3. The second-order valence-electron chi connectivity index (χ2n) is 4.77. The Kier molecular flexibility index (Phi) is 5.40. The van der Waals surface area contributed by atoms with Crippen molar-refractivity contribution >= 4 is 6.09 Å². The summed E-state index contributed by atoms with van der Waals surface area (Å²) in [6.45, 7) is 11.4. The molecule has 1 amide bonds. The molecule has 0 rings (SSSR count). The van der Waals surface area contributed by atoms with Gasteiger partial charge in [-0.3, -0.25) is 0 Å². The molecule has 88 valence electrons. The van der Waals surface area contributed by atoms with Gasteiger partial charge >= 0.3 is 0 Å². The second-order valence-corrected chi connectivity index (χ2v) is 4.77. The Morgan fingerprint density at radius 1 is 1.53 bits per heavy atom. The molecule has 0 saturated heterocycles. The predicted octanol–water partition coefficient (Wildman–Crippen LogP) is 2.17. The molecular formula is C12H22NO2-. The minimum absolute atomic E-state index is 0.0162. The summed E-state index contributed by atoms with van der Waals surface area (Å²) in [4.78, 5) is 12.5. The lowest BCUT2D eigenvalue weighted by atomic mass is 9.99. The zero-order valence-electron chi connectivity index (χ0n) is 10.2. The van der Waals surface area contributed by atoms with Crippen LogP contribution in [0.15, 0.2) is 12.7 Å².